The minimum atomic E-state index is -5.63. The molecule has 3 nitrogen and oxygen atoms in total. The lowest BCUT2D eigenvalue weighted by molar-refractivity contribution is -0.296. The van der Waals surface area contributed by atoms with Gasteiger partial charge >= 0.3 is 12.1 Å². The van der Waals surface area contributed by atoms with Gasteiger partial charge in [-0.05, 0) is 25.5 Å². The van der Waals surface area contributed by atoms with E-state index in [0.717, 1.165) is 25.7 Å². The van der Waals surface area contributed by atoms with Crippen LogP contribution >= 0.6 is 11.8 Å². The molecule has 0 aromatic carbocycles. The van der Waals surface area contributed by atoms with E-state index < -0.39 is 25.3 Å². The number of nitrogens with one attached hydrogen (secondary N) is 1. The molecule has 0 aliphatic heterocycles. The van der Waals surface area contributed by atoms with Crippen LogP contribution in [0.2, 0.25) is 0 Å². The molecule has 1 saturated carbocycles. The van der Waals surface area contributed by atoms with Crippen molar-refractivity contribution < 1.29 is 31.5 Å². The Morgan fingerprint density at radius 3 is 2.55 bits per heavy atom. The van der Waals surface area contributed by atoms with Gasteiger partial charge in [0.2, 0.25) is 5.91 Å². The highest BCUT2D eigenvalue weighted by atomic mass is 32.2. The first-order chi connectivity index (χ1) is 10.2. The normalized spacial score (nSPS) is 23.4. The summed E-state index contributed by atoms with van der Waals surface area (Å²) in [6, 6.07) is 0.0373. The molecule has 0 heterocycles. The maximum absolute atomic E-state index is 12.6. The van der Waals surface area contributed by atoms with Crippen molar-refractivity contribution in [3.63, 3.8) is 0 Å². The van der Waals surface area contributed by atoms with Crippen LogP contribution in [-0.4, -0.2) is 48.8 Å². The third-order valence-corrected chi connectivity index (χ3v) is 4.59. The molecule has 130 valence electrons. The summed E-state index contributed by atoms with van der Waals surface area (Å²) in [5.74, 6) is -5.28. The van der Waals surface area contributed by atoms with E-state index in [4.69, 9.17) is 0 Å². The number of thioether (sulfide) groups is 1. The van der Waals surface area contributed by atoms with Gasteiger partial charge in [0.25, 0.3) is 0 Å². The van der Waals surface area contributed by atoms with E-state index in [2.05, 4.69) is 10.1 Å². The van der Waals surface area contributed by atoms with Gasteiger partial charge in [-0.1, -0.05) is 6.42 Å². The minimum absolute atomic E-state index is 0.0373. The molecule has 1 amide bonds. The molecular formula is C13H20F5NO2S. The minimum Gasteiger partial charge on any atom is -0.374 e. The standard InChI is InChI=1S/C13H20F5NO2S/c1-22-10-4-2-3-9(7-10)19-11(20)5-6-21-8-12(14,15)13(16,17)18/h9-10H,2-8H2,1H3,(H,19,20). The first kappa shape index (κ1) is 19.5. The Morgan fingerprint density at radius 2 is 1.95 bits per heavy atom. The fraction of sp³-hybridized carbons (Fsp3) is 0.923. The molecule has 1 fully saturated rings. The molecule has 0 aromatic heterocycles. The van der Waals surface area contributed by atoms with Crippen molar-refractivity contribution >= 4 is 17.7 Å². The zero-order valence-electron chi connectivity index (χ0n) is 12.2. The Balaban J connectivity index is 2.21. The van der Waals surface area contributed by atoms with Gasteiger partial charge in [-0.15, -0.1) is 0 Å². The number of halogens is 5. The number of hydrogen-bond acceptors (Lipinski definition) is 3. The SMILES string of the molecule is CSC1CCCC(NC(=O)CCOCC(F)(F)C(F)(F)F)C1. The number of hydrogen-bond donors (Lipinski definition) is 1. The number of carbonyl (C=O) groups excluding carboxylic acids is 1. The Bertz CT molecular complexity index is 365. The number of rotatable bonds is 7. The van der Waals surface area contributed by atoms with Crippen molar-refractivity contribution in [1.29, 1.82) is 0 Å². The topological polar surface area (TPSA) is 38.3 Å². The molecule has 0 radical (unpaired) electrons. The van der Waals surface area contributed by atoms with Crippen molar-refractivity contribution in [1.82, 2.24) is 5.32 Å². The van der Waals surface area contributed by atoms with Crippen LogP contribution in [0, 0.1) is 0 Å². The van der Waals surface area contributed by atoms with Gasteiger partial charge in [-0.2, -0.15) is 33.7 Å². The van der Waals surface area contributed by atoms with Crippen molar-refractivity contribution in [2.75, 3.05) is 19.5 Å². The highest BCUT2D eigenvalue weighted by Crippen LogP contribution is 2.35. The Morgan fingerprint density at radius 1 is 1.27 bits per heavy atom. The molecule has 1 aliphatic rings. The summed E-state index contributed by atoms with van der Waals surface area (Å²) in [7, 11) is 0. The van der Waals surface area contributed by atoms with Gasteiger partial charge in [0, 0.05) is 17.7 Å². The van der Waals surface area contributed by atoms with E-state index in [0.29, 0.717) is 5.25 Å². The van der Waals surface area contributed by atoms with Crippen LogP contribution in [0.15, 0.2) is 0 Å². The summed E-state index contributed by atoms with van der Waals surface area (Å²) in [6.45, 7) is -2.22. The van der Waals surface area contributed by atoms with Gasteiger partial charge in [0.1, 0.15) is 6.61 Å². The Labute approximate surface area is 130 Å². The van der Waals surface area contributed by atoms with Crippen LogP contribution in [0.4, 0.5) is 22.0 Å². The Kier molecular flexibility index (Phi) is 7.37. The lowest BCUT2D eigenvalue weighted by atomic mass is 9.95. The molecule has 9 heteroatoms. The van der Waals surface area contributed by atoms with Crippen molar-refractivity contribution in [3.05, 3.63) is 0 Å². The fourth-order valence-electron chi connectivity index (χ4n) is 2.24. The van der Waals surface area contributed by atoms with Crippen LogP contribution in [0.25, 0.3) is 0 Å². The lowest BCUT2D eigenvalue weighted by Crippen LogP contribution is -2.41. The second kappa shape index (κ2) is 8.33. The van der Waals surface area contributed by atoms with Gasteiger partial charge in [0.15, 0.2) is 0 Å². The van der Waals surface area contributed by atoms with E-state index in [9.17, 15) is 26.7 Å². The maximum atomic E-state index is 12.6. The highest BCUT2D eigenvalue weighted by Gasteiger charge is 2.57. The molecule has 22 heavy (non-hydrogen) atoms. The molecule has 0 saturated heterocycles. The average Bonchev–Trinajstić information content (AvgIpc) is 2.42. The monoisotopic (exact) mass is 349 g/mol. The second-order valence-corrected chi connectivity index (χ2v) is 6.43. The molecule has 1 aliphatic carbocycles. The lowest BCUT2D eigenvalue weighted by Gasteiger charge is -2.28. The van der Waals surface area contributed by atoms with Gasteiger partial charge in [0.05, 0.1) is 6.61 Å². The van der Waals surface area contributed by atoms with E-state index in [1.807, 2.05) is 6.26 Å². The molecule has 2 unspecified atom stereocenters. The van der Waals surface area contributed by atoms with Crippen LogP contribution in [0.3, 0.4) is 0 Å². The Hall–Kier alpha value is -0.570. The smallest absolute Gasteiger partial charge is 0.374 e. The largest absolute Gasteiger partial charge is 0.455 e. The summed E-state index contributed by atoms with van der Waals surface area (Å²) in [5.41, 5.74) is 0. The van der Waals surface area contributed by atoms with Crippen LogP contribution in [-0.2, 0) is 9.53 Å². The van der Waals surface area contributed by atoms with Crippen LogP contribution < -0.4 is 5.32 Å². The first-order valence-corrected chi connectivity index (χ1v) is 8.29. The average molecular weight is 349 g/mol. The highest BCUT2D eigenvalue weighted by molar-refractivity contribution is 7.99. The summed E-state index contributed by atoms with van der Waals surface area (Å²) in [5, 5.41) is 3.26. The maximum Gasteiger partial charge on any atom is 0.455 e. The van der Waals surface area contributed by atoms with E-state index in [1.54, 1.807) is 11.8 Å². The van der Waals surface area contributed by atoms with E-state index in [1.165, 1.54) is 0 Å². The number of alkyl halides is 5. The summed E-state index contributed by atoms with van der Waals surface area (Å²) in [6.07, 6.45) is -0.0499. The zero-order valence-corrected chi connectivity index (χ0v) is 13.0. The molecule has 2 atom stereocenters. The summed E-state index contributed by atoms with van der Waals surface area (Å²) in [4.78, 5) is 11.6. The van der Waals surface area contributed by atoms with Crippen molar-refractivity contribution in [2.45, 2.75) is 55.5 Å². The predicted molar refractivity (Wildman–Crippen MR) is 74.1 cm³/mol. The summed E-state index contributed by atoms with van der Waals surface area (Å²) < 4.78 is 65.1. The molecule has 0 bridgehead atoms. The number of ether oxygens (including phenoxy) is 1. The molecular weight excluding hydrogens is 329 g/mol. The molecule has 0 aromatic rings. The molecule has 1 N–H and O–H groups in total. The quantitative estimate of drug-likeness (QED) is 0.566. The molecule has 0 spiro atoms. The van der Waals surface area contributed by atoms with Crippen LogP contribution in [0.1, 0.15) is 32.1 Å². The van der Waals surface area contributed by atoms with Gasteiger partial charge < -0.3 is 10.1 Å². The van der Waals surface area contributed by atoms with Crippen molar-refractivity contribution in [3.8, 4) is 0 Å². The molecule has 1 rings (SSSR count). The summed E-state index contributed by atoms with van der Waals surface area (Å²) >= 11 is 1.74. The third-order valence-electron chi connectivity index (χ3n) is 3.50. The van der Waals surface area contributed by atoms with E-state index in [-0.39, 0.29) is 18.4 Å². The van der Waals surface area contributed by atoms with Crippen molar-refractivity contribution in [2.24, 2.45) is 0 Å². The van der Waals surface area contributed by atoms with Gasteiger partial charge in [-0.25, -0.2) is 0 Å². The third kappa shape index (κ3) is 6.28. The first-order valence-electron chi connectivity index (χ1n) is 7.00. The van der Waals surface area contributed by atoms with Gasteiger partial charge in [-0.3, -0.25) is 4.79 Å². The number of amides is 1. The van der Waals surface area contributed by atoms with Crippen LogP contribution in [0.5, 0.6) is 0 Å². The zero-order chi connectivity index (χ0) is 16.8. The fourth-order valence-corrected chi connectivity index (χ4v) is 3.06. The number of carbonyl (C=O) groups is 1. The second-order valence-electron chi connectivity index (χ2n) is 5.29. The predicted octanol–water partition coefficient (Wildman–Crippen LogP) is 3.38. The van der Waals surface area contributed by atoms with E-state index >= 15 is 0 Å².